The van der Waals surface area contributed by atoms with Gasteiger partial charge in [-0.05, 0) is 43.9 Å². The Hall–Kier alpha value is -1.62. The number of hydrogen-bond acceptors (Lipinski definition) is 4. The first-order chi connectivity index (χ1) is 10.3. The van der Waals surface area contributed by atoms with Crippen LogP contribution in [0.3, 0.4) is 0 Å². The summed E-state index contributed by atoms with van der Waals surface area (Å²) in [6.07, 6.45) is 1.93. The number of sulfonamides is 1. The first-order valence-electron chi connectivity index (χ1n) is 6.74. The zero-order chi connectivity index (χ0) is 16.5. The normalized spacial score (nSPS) is 19.6. The lowest BCUT2D eigenvalue weighted by Gasteiger charge is -2.31. The Morgan fingerprint density at radius 1 is 1.45 bits per heavy atom. The smallest absolute Gasteiger partial charge is 0.335 e. The summed E-state index contributed by atoms with van der Waals surface area (Å²) in [5.74, 6) is -1.26. The van der Waals surface area contributed by atoms with Crippen molar-refractivity contribution >= 4 is 27.6 Å². The first-order valence-corrected chi connectivity index (χ1v) is 8.55. The van der Waals surface area contributed by atoms with Gasteiger partial charge in [0.1, 0.15) is 6.04 Å². The minimum absolute atomic E-state index is 0.0731. The summed E-state index contributed by atoms with van der Waals surface area (Å²) in [5.41, 5.74) is 0.0913. The van der Waals surface area contributed by atoms with E-state index < -0.39 is 22.0 Å². The molecule has 6 nitrogen and oxygen atoms in total. The second-order valence-corrected chi connectivity index (χ2v) is 7.41. The Kier molecular flexibility index (Phi) is 4.75. The van der Waals surface area contributed by atoms with Gasteiger partial charge in [-0.15, -0.1) is 0 Å². The SMILES string of the molecule is Cc1c(Cl)cc(C(=O)O)cc1S(=O)(=O)N1CCCCC1C#N. The van der Waals surface area contributed by atoms with Crippen molar-refractivity contribution in [1.29, 1.82) is 5.26 Å². The minimum Gasteiger partial charge on any atom is -0.478 e. The molecule has 1 unspecified atom stereocenters. The second-order valence-electron chi connectivity index (χ2n) is 5.14. The average molecular weight is 343 g/mol. The topological polar surface area (TPSA) is 98.5 Å². The van der Waals surface area contributed by atoms with E-state index in [0.717, 1.165) is 16.8 Å². The standard InChI is InChI=1S/C14H15ClN2O4S/c1-9-12(15)6-10(14(18)19)7-13(9)22(20,21)17-5-3-2-4-11(17)8-16/h6-7,11H,2-5H2,1H3,(H,18,19). The van der Waals surface area contributed by atoms with E-state index in [4.69, 9.17) is 22.0 Å². The zero-order valence-corrected chi connectivity index (χ0v) is 13.5. The number of benzene rings is 1. The molecule has 0 amide bonds. The van der Waals surface area contributed by atoms with Gasteiger partial charge in [-0.1, -0.05) is 11.6 Å². The molecule has 22 heavy (non-hydrogen) atoms. The fourth-order valence-corrected chi connectivity index (χ4v) is 4.65. The Morgan fingerprint density at radius 3 is 2.73 bits per heavy atom. The van der Waals surface area contributed by atoms with Gasteiger partial charge < -0.3 is 5.11 Å². The van der Waals surface area contributed by atoms with E-state index in [1.54, 1.807) is 0 Å². The molecular formula is C14H15ClN2O4S. The highest BCUT2D eigenvalue weighted by molar-refractivity contribution is 7.89. The van der Waals surface area contributed by atoms with Crippen molar-refractivity contribution in [2.75, 3.05) is 6.54 Å². The number of rotatable bonds is 3. The van der Waals surface area contributed by atoms with Crippen LogP contribution in [0.1, 0.15) is 35.2 Å². The number of hydrogen-bond donors (Lipinski definition) is 1. The average Bonchev–Trinajstić information content (AvgIpc) is 2.49. The first kappa shape index (κ1) is 16.7. The maximum Gasteiger partial charge on any atom is 0.335 e. The van der Waals surface area contributed by atoms with Crippen LogP contribution in [0.5, 0.6) is 0 Å². The van der Waals surface area contributed by atoms with Gasteiger partial charge in [0.2, 0.25) is 10.0 Å². The van der Waals surface area contributed by atoms with Crippen molar-refractivity contribution in [1.82, 2.24) is 4.31 Å². The lowest BCUT2D eigenvalue weighted by molar-refractivity contribution is 0.0696. The number of nitriles is 1. The van der Waals surface area contributed by atoms with Crippen LogP contribution in [0.15, 0.2) is 17.0 Å². The van der Waals surface area contributed by atoms with Crippen molar-refractivity contribution in [2.24, 2.45) is 0 Å². The third-order valence-electron chi connectivity index (χ3n) is 3.73. The van der Waals surface area contributed by atoms with Crippen molar-refractivity contribution in [3.8, 4) is 6.07 Å². The quantitative estimate of drug-likeness (QED) is 0.909. The third kappa shape index (κ3) is 2.95. The highest BCUT2D eigenvalue weighted by Gasteiger charge is 2.35. The summed E-state index contributed by atoms with van der Waals surface area (Å²) in [4.78, 5) is 11.0. The summed E-state index contributed by atoms with van der Waals surface area (Å²) in [5, 5.41) is 18.3. The van der Waals surface area contributed by atoms with Gasteiger partial charge in [-0.3, -0.25) is 0 Å². The molecule has 0 radical (unpaired) electrons. The number of piperidine rings is 1. The summed E-state index contributed by atoms with van der Waals surface area (Å²) < 4.78 is 26.8. The second kappa shape index (κ2) is 6.24. The van der Waals surface area contributed by atoms with Crippen molar-refractivity contribution in [2.45, 2.75) is 37.1 Å². The van der Waals surface area contributed by atoms with Gasteiger partial charge in [0.25, 0.3) is 0 Å². The molecule has 0 aliphatic carbocycles. The molecule has 1 fully saturated rings. The van der Waals surface area contributed by atoms with Crippen LogP contribution in [0, 0.1) is 18.3 Å². The molecule has 0 spiro atoms. The summed E-state index contributed by atoms with van der Waals surface area (Å²) in [6, 6.07) is 3.59. The molecule has 0 saturated carbocycles. The Labute approximate surface area is 134 Å². The predicted octanol–water partition coefficient (Wildman–Crippen LogP) is 2.41. The van der Waals surface area contributed by atoms with E-state index in [1.165, 1.54) is 13.0 Å². The van der Waals surface area contributed by atoms with Crippen molar-refractivity contribution in [3.05, 3.63) is 28.3 Å². The van der Waals surface area contributed by atoms with Crippen LogP contribution in [0.2, 0.25) is 5.02 Å². The fraction of sp³-hybridized carbons (Fsp3) is 0.429. The van der Waals surface area contributed by atoms with E-state index in [-0.39, 0.29) is 27.6 Å². The molecule has 1 saturated heterocycles. The molecule has 2 rings (SSSR count). The highest BCUT2D eigenvalue weighted by Crippen LogP contribution is 2.31. The molecule has 1 N–H and O–H groups in total. The zero-order valence-electron chi connectivity index (χ0n) is 11.9. The van der Waals surface area contributed by atoms with Gasteiger partial charge in [0, 0.05) is 11.6 Å². The van der Waals surface area contributed by atoms with Gasteiger partial charge in [0.05, 0.1) is 16.5 Å². The molecule has 1 atom stereocenters. The van der Waals surface area contributed by atoms with E-state index in [0.29, 0.717) is 12.8 Å². The van der Waals surface area contributed by atoms with Crippen LogP contribution >= 0.6 is 11.6 Å². The highest BCUT2D eigenvalue weighted by atomic mass is 35.5. The minimum atomic E-state index is -3.97. The molecule has 1 aromatic rings. The van der Waals surface area contributed by atoms with Crippen LogP contribution in [-0.2, 0) is 10.0 Å². The fourth-order valence-electron chi connectivity index (χ4n) is 2.49. The number of carbonyl (C=O) groups is 1. The number of halogens is 1. The third-order valence-corrected chi connectivity index (χ3v) is 6.16. The molecule has 1 aliphatic heterocycles. The number of carboxylic acid groups (broad SMARTS) is 1. The van der Waals surface area contributed by atoms with Crippen molar-refractivity contribution < 1.29 is 18.3 Å². The molecule has 1 aromatic carbocycles. The van der Waals surface area contributed by atoms with Crippen LogP contribution in [0.25, 0.3) is 0 Å². The maximum atomic E-state index is 12.8. The Morgan fingerprint density at radius 2 is 2.14 bits per heavy atom. The van der Waals surface area contributed by atoms with Gasteiger partial charge in [0.15, 0.2) is 0 Å². The number of carboxylic acids is 1. The predicted molar refractivity (Wildman–Crippen MR) is 80.3 cm³/mol. The molecule has 118 valence electrons. The number of nitrogens with zero attached hydrogens (tertiary/aromatic N) is 2. The summed E-state index contributed by atoms with van der Waals surface area (Å²) in [6.45, 7) is 1.76. The summed E-state index contributed by atoms with van der Waals surface area (Å²) in [7, 11) is -3.97. The van der Waals surface area contributed by atoms with Gasteiger partial charge in [-0.2, -0.15) is 9.57 Å². The molecule has 1 heterocycles. The Bertz CT molecular complexity index is 755. The molecular weight excluding hydrogens is 328 g/mol. The van der Waals surface area contributed by atoms with E-state index in [2.05, 4.69) is 0 Å². The van der Waals surface area contributed by atoms with E-state index in [1.807, 2.05) is 6.07 Å². The lowest BCUT2D eigenvalue weighted by atomic mass is 10.1. The molecule has 1 aliphatic rings. The van der Waals surface area contributed by atoms with Gasteiger partial charge >= 0.3 is 5.97 Å². The largest absolute Gasteiger partial charge is 0.478 e. The molecule has 0 aromatic heterocycles. The van der Waals surface area contributed by atoms with Crippen LogP contribution < -0.4 is 0 Å². The maximum absolute atomic E-state index is 12.8. The monoisotopic (exact) mass is 342 g/mol. The lowest BCUT2D eigenvalue weighted by Crippen LogP contribution is -2.43. The molecule has 0 bridgehead atoms. The summed E-state index contributed by atoms with van der Waals surface area (Å²) >= 11 is 5.97. The number of aromatic carboxylic acids is 1. The van der Waals surface area contributed by atoms with Crippen molar-refractivity contribution in [3.63, 3.8) is 0 Å². The van der Waals surface area contributed by atoms with E-state index in [9.17, 15) is 13.2 Å². The van der Waals surface area contributed by atoms with E-state index >= 15 is 0 Å². The Balaban J connectivity index is 2.58. The van der Waals surface area contributed by atoms with Crippen LogP contribution in [0.4, 0.5) is 0 Å². The molecule has 8 heteroatoms. The van der Waals surface area contributed by atoms with Crippen LogP contribution in [-0.4, -0.2) is 36.4 Å². The van der Waals surface area contributed by atoms with Gasteiger partial charge in [-0.25, -0.2) is 13.2 Å².